The van der Waals surface area contributed by atoms with Gasteiger partial charge in [-0.1, -0.05) is 0 Å². The van der Waals surface area contributed by atoms with Gasteiger partial charge in [-0.3, -0.25) is 0 Å². The molecule has 0 aliphatic carbocycles. The monoisotopic (exact) mass is 204 g/mol. The maximum Gasteiger partial charge on any atom is 0.335 e. The Morgan fingerprint density at radius 1 is 1.70 bits per heavy atom. The van der Waals surface area contributed by atoms with E-state index in [0.29, 0.717) is 4.67 Å². The molecule has 0 radical (unpaired) electrons. The van der Waals surface area contributed by atoms with E-state index in [2.05, 4.69) is 15.9 Å². The van der Waals surface area contributed by atoms with Gasteiger partial charge < -0.3 is 9.84 Å². The predicted octanol–water partition coefficient (Wildman–Crippen LogP) is 1.26. The molecular formula is C6H5BrO3. The third kappa shape index (κ3) is 1.60. The molecule has 0 amide bonds. The molecule has 1 aliphatic heterocycles. The van der Waals surface area contributed by atoms with Crippen molar-refractivity contribution in [2.45, 2.75) is 0 Å². The summed E-state index contributed by atoms with van der Waals surface area (Å²) in [6.07, 6.45) is 3.07. The lowest BCUT2D eigenvalue weighted by atomic mass is 10.2. The zero-order chi connectivity index (χ0) is 7.56. The molecule has 1 rings (SSSR count). The minimum atomic E-state index is -0.934. The van der Waals surface area contributed by atoms with Crippen molar-refractivity contribution in [1.82, 2.24) is 0 Å². The van der Waals surface area contributed by atoms with Crippen LogP contribution in [0.3, 0.4) is 0 Å². The lowest BCUT2D eigenvalue weighted by Gasteiger charge is -2.08. The second-order valence-corrected chi connectivity index (χ2v) is 2.54. The van der Waals surface area contributed by atoms with E-state index in [0.717, 1.165) is 0 Å². The van der Waals surface area contributed by atoms with Crippen LogP contribution < -0.4 is 0 Å². The first-order valence-corrected chi connectivity index (χ1v) is 3.42. The molecule has 1 aliphatic rings. The topological polar surface area (TPSA) is 46.5 Å². The molecule has 1 heterocycles. The summed E-state index contributed by atoms with van der Waals surface area (Å²) < 4.78 is 5.45. The van der Waals surface area contributed by atoms with Crippen LogP contribution in [0.15, 0.2) is 22.4 Å². The Bertz CT molecular complexity index is 217. The molecule has 0 unspecified atom stereocenters. The van der Waals surface area contributed by atoms with Gasteiger partial charge in [0.1, 0.15) is 6.61 Å². The van der Waals surface area contributed by atoms with Crippen LogP contribution in [-0.4, -0.2) is 17.7 Å². The Morgan fingerprint density at radius 3 is 2.80 bits per heavy atom. The van der Waals surface area contributed by atoms with E-state index in [1.807, 2.05) is 0 Å². The molecule has 0 bridgehead atoms. The number of allylic oxidation sites excluding steroid dienone is 2. The molecule has 0 atom stereocenters. The molecule has 0 aromatic rings. The number of hydrogen-bond donors (Lipinski definition) is 1. The minimum absolute atomic E-state index is 0.131. The van der Waals surface area contributed by atoms with Crippen molar-refractivity contribution in [3.63, 3.8) is 0 Å². The first kappa shape index (κ1) is 7.34. The van der Waals surface area contributed by atoms with Gasteiger partial charge in [-0.15, -0.1) is 0 Å². The van der Waals surface area contributed by atoms with E-state index in [1.165, 1.54) is 6.08 Å². The van der Waals surface area contributed by atoms with Crippen LogP contribution in [0.2, 0.25) is 0 Å². The molecule has 0 aromatic heterocycles. The fourth-order valence-corrected chi connectivity index (χ4v) is 0.789. The molecule has 0 aromatic carbocycles. The summed E-state index contributed by atoms with van der Waals surface area (Å²) in [4.78, 5) is 10.3. The van der Waals surface area contributed by atoms with E-state index in [9.17, 15) is 4.79 Å². The first-order valence-electron chi connectivity index (χ1n) is 2.62. The molecule has 54 valence electrons. The molecule has 0 fully saturated rings. The summed E-state index contributed by atoms with van der Waals surface area (Å²) in [6, 6.07) is 0. The van der Waals surface area contributed by atoms with Gasteiger partial charge in [0.05, 0.1) is 5.57 Å². The van der Waals surface area contributed by atoms with Crippen molar-refractivity contribution in [3.05, 3.63) is 22.4 Å². The Morgan fingerprint density at radius 2 is 2.40 bits per heavy atom. The third-order valence-electron chi connectivity index (χ3n) is 1.06. The van der Waals surface area contributed by atoms with Crippen molar-refractivity contribution in [3.8, 4) is 0 Å². The molecule has 0 spiro atoms. The van der Waals surface area contributed by atoms with Gasteiger partial charge in [-0.05, 0) is 28.1 Å². The Labute approximate surface area is 66.1 Å². The molecule has 10 heavy (non-hydrogen) atoms. The number of carbonyl (C=O) groups is 1. The highest BCUT2D eigenvalue weighted by Gasteiger charge is 2.10. The van der Waals surface area contributed by atoms with Gasteiger partial charge in [0, 0.05) is 0 Å². The molecule has 4 heteroatoms. The SMILES string of the molecule is O=C(O)C1=CC=C(Br)OC1. The highest BCUT2D eigenvalue weighted by molar-refractivity contribution is 9.11. The van der Waals surface area contributed by atoms with E-state index < -0.39 is 5.97 Å². The standard InChI is InChI=1S/C6H5BrO3/c7-5-2-1-4(3-10-5)6(8)9/h1-2H,3H2,(H,8,9). The van der Waals surface area contributed by atoms with Gasteiger partial charge in [0.15, 0.2) is 4.67 Å². The quantitative estimate of drug-likeness (QED) is 0.700. The van der Waals surface area contributed by atoms with Crippen LogP contribution in [-0.2, 0) is 9.53 Å². The number of ether oxygens (including phenoxy) is 1. The van der Waals surface area contributed by atoms with Crippen LogP contribution in [0, 0.1) is 0 Å². The number of carboxylic acids is 1. The molecular weight excluding hydrogens is 200 g/mol. The average molecular weight is 205 g/mol. The number of hydrogen-bond acceptors (Lipinski definition) is 2. The van der Waals surface area contributed by atoms with Crippen LogP contribution in [0.4, 0.5) is 0 Å². The lowest BCUT2D eigenvalue weighted by molar-refractivity contribution is -0.133. The summed E-state index contributed by atoms with van der Waals surface area (Å²) in [5.74, 6) is -0.934. The fourth-order valence-electron chi connectivity index (χ4n) is 0.542. The van der Waals surface area contributed by atoms with E-state index >= 15 is 0 Å². The number of halogens is 1. The maximum atomic E-state index is 10.3. The average Bonchev–Trinajstić information content (AvgIpc) is 1.88. The van der Waals surface area contributed by atoms with Gasteiger partial charge in [-0.2, -0.15) is 0 Å². The summed E-state index contributed by atoms with van der Waals surface area (Å²) in [5.41, 5.74) is 0.267. The largest absolute Gasteiger partial charge is 0.482 e. The van der Waals surface area contributed by atoms with Gasteiger partial charge >= 0.3 is 5.97 Å². The van der Waals surface area contributed by atoms with E-state index in [1.54, 1.807) is 6.08 Å². The highest BCUT2D eigenvalue weighted by atomic mass is 79.9. The second-order valence-electron chi connectivity index (χ2n) is 1.76. The normalized spacial score (nSPS) is 16.9. The lowest BCUT2D eigenvalue weighted by Crippen LogP contribution is -2.09. The molecule has 0 saturated carbocycles. The van der Waals surface area contributed by atoms with Crippen molar-refractivity contribution < 1.29 is 14.6 Å². The number of aliphatic carboxylic acids is 1. The predicted molar refractivity (Wildman–Crippen MR) is 38.7 cm³/mol. The van der Waals surface area contributed by atoms with Crippen molar-refractivity contribution in [2.24, 2.45) is 0 Å². The smallest absolute Gasteiger partial charge is 0.335 e. The fraction of sp³-hybridized carbons (Fsp3) is 0.167. The second kappa shape index (κ2) is 2.88. The van der Waals surface area contributed by atoms with Gasteiger partial charge in [-0.25, -0.2) is 4.79 Å². The molecule has 0 saturated heterocycles. The number of rotatable bonds is 1. The van der Waals surface area contributed by atoms with Crippen molar-refractivity contribution in [1.29, 1.82) is 0 Å². The Balaban J connectivity index is 2.74. The Kier molecular flexibility index (Phi) is 2.11. The minimum Gasteiger partial charge on any atom is -0.482 e. The van der Waals surface area contributed by atoms with Crippen LogP contribution >= 0.6 is 15.9 Å². The summed E-state index contributed by atoms with van der Waals surface area (Å²) in [6.45, 7) is 0.131. The van der Waals surface area contributed by atoms with Crippen LogP contribution in [0.25, 0.3) is 0 Å². The number of carboxylic acid groups (broad SMARTS) is 1. The zero-order valence-electron chi connectivity index (χ0n) is 5.00. The summed E-state index contributed by atoms with van der Waals surface area (Å²) in [7, 11) is 0. The first-order chi connectivity index (χ1) is 4.70. The molecule has 1 N–H and O–H groups in total. The van der Waals surface area contributed by atoms with Crippen molar-refractivity contribution in [2.75, 3.05) is 6.61 Å². The van der Waals surface area contributed by atoms with Gasteiger partial charge in [0.2, 0.25) is 0 Å². The zero-order valence-corrected chi connectivity index (χ0v) is 6.59. The summed E-state index contributed by atoms with van der Waals surface area (Å²) >= 11 is 3.07. The Hall–Kier alpha value is -0.770. The van der Waals surface area contributed by atoms with Crippen LogP contribution in [0.5, 0.6) is 0 Å². The maximum absolute atomic E-state index is 10.3. The van der Waals surface area contributed by atoms with E-state index in [4.69, 9.17) is 9.84 Å². The van der Waals surface area contributed by atoms with E-state index in [-0.39, 0.29) is 12.2 Å². The summed E-state index contributed by atoms with van der Waals surface area (Å²) in [5, 5.41) is 8.43. The van der Waals surface area contributed by atoms with Crippen LogP contribution in [0.1, 0.15) is 0 Å². The van der Waals surface area contributed by atoms with Gasteiger partial charge in [0.25, 0.3) is 0 Å². The third-order valence-corrected chi connectivity index (χ3v) is 1.55. The highest BCUT2D eigenvalue weighted by Crippen LogP contribution is 2.14. The molecule has 3 nitrogen and oxygen atoms in total. The van der Waals surface area contributed by atoms with Crippen molar-refractivity contribution >= 4 is 21.9 Å².